The SMILES string of the molecule is CCc1ccccc1N1CC(c2nnc(NC(=O)COc3ccc(Cl)cc3)s2)CC1=O. The summed E-state index contributed by atoms with van der Waals surface area (Å²) in [7, 11) is 0. The number of halogens is 1. The fraction of sp³-hybridized carbons (Fsp3) is 0.273. The van der Waals surface area contributed by atoms with E-state index in [0.29, 0.717) is 28.9 Å². The van der Waals surface area contributed by atoms with Gasteiger partial charge in [-0.3, -0.25) is 14.9 Å². The van der Waals surface area contributed by atoms with Crippen LogP contribution in [-0.2, 0) is 16.0 Å². The largest absolute Gasteiger partial charge is 0.484 e. The molecular formula is C22H21ClN4O3S. The third kappa shape index (κ3) is 5.03. The van der Waals surface area contributed by atoms with Crippen molar-refractivity contribution in [2.45, 2.75) is 25.7 Å². The van der Waals surface area contributed by atoms with E-state index in [9.17, 15) is 9.59 Å². The van der Waals surface area contributed by atoms with Gasteiger partial charge in [-0.15, -0.1) is 10.2 Å². The molecular weight excluding hydrogens is 436 g/mol. The highest BCUT2D eigenvalue weighted by Gasteiger charge is 2.34. The van der Waals surface area contributed by atoms with Crippen LogP contribution in [0.2, 0.25) is 5.02 Å². The first kappa shape index (κ1) is 21.3. The molecule has 1 aliphatic rings. The molecule has 2 amide bonds. The number of nitrogens with zero attached hydrogens (tertiary/aromatic N) is 3. The van der Waals surface area contributed by atoms with Crippen LogP contribution in [0.15, 0.2) is 48.5 Å². The highest BCUT2D eigenvalue weighted by molar-refractivity contribution is 7.15. The molecule has 1 aromatic heterocycles. The smallest absolute Gasteiger partial charge is 0.264 e. The third-order valence-electron chi connectivity index (χ3n) is 5.01. The van der Waals surface area contributed by atoms with Crippen LogP contribution in [0.1, 0.15) is 29.8 Å². The Kier molecular flexibility index (Phi) is 6.48. The number of amides is 2. The number of rotatable bonds is 7. The van der Waals surface area contributed by atoms with Crippen molar-refractivity contribution in [3.63, 3.8) is 0 Å². The number of carbonyl (C=O) groups is 2. The standard InChI is InChI=1S/C22H21ClN4O3S/c1-2-14-5-3-4-6-18(14)27-12-15(11-20(27)29)21-25-26-22(31-21)24-19(28)13-30-17-9-7-16(23)8-10-17/h3-10,15H,2,11-13H2,1H3,(H,24,26,28). The van der Waals surface area contributed by atoms with Crippen LogP contribution in [-0.4, -0.2) is 35.2 Å². The Hall–Kier alpha value is -2.97. The Morgan fingerprint density at radius 1 is 1.23 bits per heavy atom. The van der Waals surface area contributed by atoms with Crippen molar-refractivity contribution >= 4 is 45.6 Å². The molecule has 2 heterocycles. The second kappa shape index (κ2) is 9.45. The van der Waals surface area contributed by atoms with E-state index in [1.54, 1.807) is 24.3 Å². The molecule has 1 saturated heterocycles. The van der Waals surface area contributed by atoms with Gasteiger partial charge >= 0.3 is 0 Å². The minimum atomic E-state index is -0.335. The van der Waals surface area contributed by atoms with Crippen LogP contribution < -0.4 is 15.0 Å². The molecule has 9 heteroatoms. The summed E-state index contributed by atoms with van der Waals surface area (Å²) in [6, 6.07) is 14.7. The van der Waals surface area contributed by atoms with Gasteiger partial charge in [-0.25, -0.2) is 0 Å². The second-order valence-corrected chi connectivity index (χ2v) is 8.57. The summed E-state index contributed by atoms with van der Waals surface area (Å²) in [6.45, 7) is 2.48. The number of carbonyl (C=O) groups excluding carboxylic acids is 2. The molecule has 1 N–H and O–H groups in total. The number of aromatic nitrogens is 2. The summed E-state index contributed by atoms with van der Waals surface area (Å²) in [5.41, 5.74) is 2.09. The van der Waals surface area contributed by atoms with Gasteiger partial charge in [0.25, 0.3) is 5.91 Å². The zero-order valence-electron chi connectivity index (χ0n) is 16.9. The number of benzene rings is 2. The molecule has 3 aromatic rings. The van der Waals surface area contributed by atoms with Crippen molar-refractivity contribution in [3.8, 4) is 5.75 Å². The van der Waals surface area contributed by atoms with Gasteiger partial charge in [0.05, 0.1) is 0 Å². The summed E-state index contributed by atoms with van der Waals surface area (Å²) in [5, 5.41) is 12.7. The van der Waals surface area contributed by atoms with Crippen molar-refractivity contribution in [1.29, 1.82) is 0 Å². The topological polar surface area (TPSA) is 84.4 Å². The zero-order valence-corrected chi connectivity index (χ0v) is 18.4. The molecule has 0 bridgehead atoms. The lowest BCUT2D eigenvalue weighted by atomic mass is 10.1. The normalized spacial score (nSPS) is 15.9. The minimum absolute atomic E-state index is 0.0501. The van der Waals surface area contributed by atoms with Crippen LogP contribution in [0.3, 0.4) is 0 Å². The quantitative estimate of drug-likeness (QED) is 0.573. The van der Waals surface area contributed by atoms with Gasteiger partial charge in [-0.2, -0.15) is 0 Å². The van der Waals surface area contributed by atoms with E-state index >= 15 is 0 Å². The zero-order chi connectivity index (χ0) is 21.8. The number of aryl methyl sites for hydroxylation is 1. The van der Waals surface area contributed by atoms with Crippen LogP contribution in [0, 0.1) is 0 Å². The predicted octanol–water partition coefficient (Wildman–Crippen LogP) is 4.29. The number of para-hydroxylation sites is 1. The Labute approximate surface area is 189 Å². The number of hydrogen-bond acceptors (Lipinski definition) is 6. The van der Waals surface area contributed by atoms with Crippen molar-refractivity contribution in [1.82, 2.24) is 10.2 Å². The first-order valence-electron chi connectivity index (χ1n) is 9.93. The Balaban J connectivity index is 1.36. The third-order valence-corrected chi connectivity index (χ3v) is 6.26. The fourth-order valence-electron chi connectivity index (χ4n) is 3.46. The van der Waals surface area contributed by atoms with Crippen LogP contribution in [0.4, 0.5) is 10.8 Å². The first-order valence-corrected chi connectivity index (χ1v) is 11.1. The molecule has 1 aliphatic heterocycles. The molecule has 2 aromatic carbocycles. The van der Waals surface area contributed by atoms with E-state index in [0.717, 1.165) is 22.7 Å². The first-order chi connectivity index (χ1) is 15.0. The van der Waals surface area contributed by atoms with Crippen molar-refractivity contribution in [3.05, 3.63) is 64.1 Å². The van der Waals surface area contributed by atoms with Gasteiger partial charge < -0.3 is 9.64 Å². The van der Waals surface area contributed by atoms with Crippen molar-refractivity contribution in [2.75, 3.05) is 23.4 Å². The molecule has 31 heavy (non-hydrogen) atoms. The Morgan fingerprint density at radius 3 is 2.77 bits per heavy atom. The van der Waals surface area contributed by atoms with Crippen LogP contribution in [0.25, 0.3) is 0 Å². The van der Waals surface area contributed by atoms with Gasteiger partial charge in [0.2, 0.25) is 11.0 Å². The van der Waals surface area contributed by atoms with Gasteiger partial charge in [-0.1, -0.05) is 48.1 Å². The predicted molar refractivity (Wildman–Crippen MR) is 121 cm³/mol. The summed E-state index contributed by atoms with van der Waals surface area (Å²) in [5.74, 6) is 0.238. The number of nitrogens with one attached hydrogen (secondary N) is 1. The molecule has 0 saturated carbocycles. The maximum absolute atomic E-state index is 12.6. The van der Waals surface area contributed by atoms with Gasteiger partial charge in [0.15, 0.2) is 6.61 Å². The lowest BCUT2D eigenvalue weighted by Gasteiger charge is -2.19. The molecule has 1 fully saturated rings. The molecule has 0 aliphatic carbocycles. The number of ether oxygens (including phenoxy) is 1. The average Bonchev–Trinajstić information content (AvgIpc) is 3.39. The number of hydrogen-bond donors (Lipinski definition) is 1. The minimum Gasteiger partial charge on any atom is -0.484 e. The van der Waals surface area contributed by atoms with Crippen molar-refractivity contribution < 1.29 is 14.3 Å². The van der Waals surface area contributed by atoms with Gasteiger partial charge in [0, 0.05) is 29.6 Å². The van der Waals surface area contributed by atoms with Crippen LogP contribution >= 0.6 is 22.9 Å². The maximum atomic E-state index is 12.6. The lowest BCUT2D eigenvalue weighted by molar-refractivity contribution is -0.118. The average molecular weight is 457 g/mol. The molecule has 0 spiro atoms. The Morgan fingerprint density at radius 2 is 2.00 bits per heavy atom. The van der Waals surface area contributed by atoms with E-state index in [2.05, 4.69) is 22.4 Å². The molecule has 0 radical (unpaired) electrons. The van der Waals surface area contributed by atoms with E-state index in [-0.39, 0.29) is 24.3 Å². The number of anilines is 2. The summed E-state index contributed by atoms with van der Waals surface area (Å²) < 4.78 is 5.43. The summed E-state index contributed by atoms with van der Waals surface area (Å²) >= 11 is 7.12. The monoisotopic (exact) mass is 456 g/mol. The van der Waals surface area contributed by atoms with E-state index in [4.69, 9.17) is 16.3 Å². The lowest BCUT2D eigenvalue weighted by Crippen LogP contribution is -2.25. The van der Waals surface area contributed by atoms with Gasteiger partial charge in [0.1, 0.15) is 10.8 Å². The highest BCUT2D eigenvalue weighted by Crippen LogP contribution is 2.35. The summed E-state index contributed by atoms with van der Waals surface area (Å²) in [4.78, 5) is 26.6. The molecule has 1 unspecified atom stereocenters. The Bertz CT molecular complexity index is 1090. The van der Waals surface area contributed by atoms with Crippen molar-refractivity contribution in [2.24, 2.45) is 0 Å². The van der Waals surface area contributed by atoms with E-state index in [1.165, 1.54) is 11.3 Å². The van der Waals surface area contributed by atoms with E-state index < -0.39 is 0 Å². The maximum Gasteiger partial charge on any atom is 0.264 e. The highest BCUT2D eigenvalue weighted by atomic mass is 35.5. The summed E-state index contributed by atoms with van der Waals surface area (Å²) in [6.07, 6.45) is 1.23. The molecule has 4 rings (SSSR count). The van der Waals surface area contributed by atoms with E-state index in [1.807, 2.05) is 29.2 Å². The molecule has 160 valence electrons. The fourth-order valence-corrected chi connectivity index (χ4v) is 4.44. The molecule has 7 nitrogen and oxygen atoms in total. The van der Waals surface area contributed by atoms with Crippen LogP contribution in [0.5, 0.6) is 5.75 Å². The second-order valence-electron chi connectivity index (χ2n) is 7.12. The molecule has 1 atom stereocenters. The van der Waals surface area contributed by atoms with Gasteiger partial charge in [-0.05, 0) is 42.3 Å².